The molecular weight excluding hydrogens is 350 g/mol. The van der Waals surface area contributed by atoms with Crippen LogP contribution in [0.15, 0.2) is 48.5 Å². The van der Waals surface area contributed by atoms with Crippen LogP contribution in [0, 0.1) is 5.92 Å². The highest BCUT2D eigenvalue weighted by Gasteiger charge is 2.30. The topological polar surface area (TPSA) is 49.8 Å². The van der Waals surface area contributed by atoms with Crippen molar-refractivity contribution >= 4 is 17.6 Å². The first-order chi connectivity index (χ1) is 12.6. The maximum absolute atomic E-state index is 11.3. The van der Waals surface area contributed by atoms with E-state index in [4.69, 9.17) is 16.3 Å². The number of hydrogen-bond acceptors (Lipinski definition) is 3. The van der Waals surface area contributed by atoms with Crippen LogP contribution in [0.5, 0.6) is 5.75 Å². The van der Waals surface area contributed by atoms with Crippen molar-refractivity contribution in [2.45, 2.75) is 25.8 Å². The van der Waals surface area contributed by atoms with Gasteiger partial charge in [0, 0.05) is 5.02 Å². The zero-order chi connectivity index (χ0) is 18.5. The Morgan fingerprint density at radius 3 is 2.46 bits per heavy atom. The van der Waals surface area contributed by atoms with Gasteiger partial charge in [0.05, 0.1) is 18.6 Å². The second kappa shape index (κ2) is 8.56. The average molecular weight is 374 g/mol. The molecule has 1 saturated heterocycles. The zero-order valence-electron chi connectivity index (χ0n) is 14.9. The van der Waals surface area contributed by atoms with E-state index in [9.17, 15) is 9.90 Å². The first-order valence-corrected chi connectivity index (χ1v) is 9.41. The number of likely N-dealkylation sites (tertiary alicyclic amines) is 1. The maximum Gasteiger partial charge on any atom is 0.306 e. The summed E-state index contributed by atoms with van der Waals surface area (Å²) in [6, 6.07) is 16.0. The third-order valence-electron chi connectivity index (χ3n) is 4.89. The number of carboxylic acid groups (broad SMARTS) is 1. The number of aliphatic carboxylic acids is 1. The van der Waals surface area contributed by atoms with E-state index in [1.165, 1.54) is 0 Å². The largest absolute Gasteiger partial charge is 0.494 e. The molecule has 0 amide bonds. The summed E-state index contributed by atoms with van der Waals surface area (Å²) in [5, 5.41) is 9.98. The Kier molecular flexibility index (Phi) is 6.17. The number of carbonyl (C=O) groups is 1. The molecule has 138 valence electrons. The van der Waals surface area contributed by atoms with E-state index in [0.717, 1.165) is 30.0 Å². The summed E-state index contributed by atoms with van der Waals surface area (Å²) in [5.74, 6) is -0.0965. The summed E-state index contributed by atoms with van der Waals surface area (Å²) in [5.41, 5.74) is 2.24. The molecule has 3 rings (SSSR count). The summed E-state index contributed by atoms with van der Waals surface area (Å²) < 4.78 is 5.67. The molecule has 0 saturated carbocycles. The lowest BCUT2D eigenvalue weighted by molar-refractivity contribution is -0.143. The highest BCUT2D eigenvalue weighted by atomic mass is 35.5. The van der Waals surface area contributed by atoms with Gasteiger partial charge in [-0.15, -0.1) is 0 Å². The number of piperidine rings is 1. The molecule has 1 aliphatic rings. The van der Waals surface area contributed by atoms with Crippen LogP contribution in [-0.4, -0.2) is 35.7 Å². The molecule has 2 aromatic carbocycles. The monoisotopic (exact) mass is 373 g/mol. The van der Waals surface area contributed by atoms with Crippen molar-refractivity contribution in [3.63, 3.8) is 0 Å². The van der Waals surface area contributed by atoms with Gasteiger partial charge in [0.25, 0.3) is 0 Å². The normalized spacial score (nSPS) is 17.0. The number of carboxylic acids is 1. The fourth-order valence-corrected chi connectivity index (χ4v) is 3.84. The minimum atomic E-state index is -0.692. The molecule has 0 bridgehead atoms. The van der Waals surface area contributed by atoms with E-state index in [1.807, 2.05) is 37.3 Å². The van der Waals surface area contributed by atoms with Crippen LogP contribution in [-0.2, 0) is 4.79 Å². The molecule has 1 atom stereocenters. The van der Waals surface area contributed by atoms with Gasteiger partial charge in [-0.25, -0.2) is 0 Å². The first kappa shape index (κ1) is 18.7. The highest BCUT2D eigenvalue weighted by Crippen LogP contribution is 2.34. The van der Waals surface area contributed by atoms with Crippen molar-refractivity contribution < 1.29 is 14.6 Å². The third-order valence-corrected chi connectivity index (χ3v) is 5.13. The lowest BCUT2D eigenvalue weighted by atomic mass is 9.91. The molecule has 1 heterocycles. The van der Waals surface area contributed by atoms with Crippen LogP contribution in [0.3, 0.4) is 0 Å². The van der Waals surface area contributed by atoms with Gasteiger partial charge >= 0.3 is 5.97 Å². The maximum atomic E-state index is 11.3. The lowest BCUT2D eigenvalue weighted by Crippen LogP contribution is -2.39. The fraction of sp³-hybridized carbons (Fsp3) is 0.381. The van der Waals surface area contributed by atoms with Gasteiger partial charge in [0.2, 0.25) is 0 Å². The van der Waals surface area contributed by atoms with E-state index in [2.05, 4.69) is 23.1 Å². The standard InChI is InChI=1S/C21H24ClNO3/c1-2-26-19-8-4-6-17(14-19)20(16-5-3-7-18(22)13-16)23-11-9-15(10-12-23)21(24)25/h3-8,13-15,20H,2,9-12H2,1H3,(H,24,25). The lowest BCUT2D eigenvalue weighted by Gasteiger charge is -2.37. The van der Waals surface area contributed by atoms with E-state index < -0.39 is 5.97 Å². The van der Waals surface area contributed by atoms with Crippen molar-refractivity contribution in [2.75, 3.05) is 19.7 Å². The summed E-state index contributed by atoms with van der Waals surface area (Å²) >= 11 is 6.24. The molecule has 1 unspecified atom stereocenters. The van der Waals surface area contributed by atoms with Crippen LogP contribution in [0.4, 0.5) is 0 Å². The minimum Gasteiger partial charge on any atom is -0.494 e. The van der Waals surface area contributed by atoms with Crippen LogP contribution in [0.1, 0.15) is 36.9 Å². The molecule has 1 fully saturated rings. The SMILES string of the molecule is CCOc1cccc(C(c2cccc(Cl)c2)N2CCC(C(=O)O)CC2)c1. The molecule has 2 aromatic rings. The Balaban J connectivity index is 1.93. The average Bonchev–Trinajstić information content (AvgIpc) is 2.63. The summed E-state index contributed by atoms with van der Waals surface area (Å²) in [7, 11) is 0. The number of nitrogens with zero attached hydrogens (tertiary/aromatic N) is 1. The Morgan fingerprint density at radius 2 is 1.85 bits per heavy atom. The highest BCUT2D eigenvalue weighted by molar-refractivity contribution is 6.30. The molecular formula is C21H24ClNO3. The molecule has 1 N–H and O–H groups in total. The molecule has 0 spiro atoms. The minimum absolute atomic E-state index is 0.0313. The van der Waals surface area contributed by atoms with E-state index >= 15 is 0 Å². The zero-order valence-corrected chi connectivity index (χ0v) is 15.7. The number of ether oxygens (including phenoxy) is 1. The third kappa shape index (κ3) is 4.37. The van der Waals surface area contributed by atoms with Crippen molar-refractivity contribution in [3.05, 3.63) is 64.7 Å². The van der Waals surface area contributed by atoms with E-state index in [1.54, 1.807) is 0 Å². The van der Waals surface area contributed by atoms with Crippen LogP contribution < -0.4 is 4.74 Å². The Labute approximate surface area is 159 Å². The molecule has 1 aliphatic heterocycles. The van der Waals surface area contributed by atoms with Crippen molar-refractivity contribution in [1.82, 2.24) is 4.90 Å². The van der Waals surface area contributed by atoms with Gasteiger partial charge in [0.15, 0.2) is 0 Å². The summed E-state index contributed by atoms with van der Waals surface area (Å²) in [6.07, 6.45) is 1.33. The number of benzene rings is 2. The summed E-state index contributed by atoms with van der Waals surface area (Å²) in [6.45, 7) is 4.08. The quantitative estimate of drug-likeness (QED) is 0.802. The smallest absolute Gasteiger partial charge is 0.306 e. The Morgan fingerprint density at radius 1 is 1.19 bits per heavy atom. The molecule has 0 radical (unpaired) electrons. The van der Waals surface area contributed by atoms with Crippen molar-refractivity contribution in [1.29, 1.82) is 0 Å². The molecule has 26 heavy (non-hydrogen) atoms. The number of hydrogen-bond donors (Lipinski definition) is 1. The van der Waals surface area contributed by atoms with Crippen LogP contribution >= 0.6 is 11.6 Å². The van der Waals surface area contributed by atoms with Gasteiger partial charge in [-0.05, 0) is 68.2 Å². The van der Waals surface area contributed by atoms with Gasteiger partial charge in [-0.1, -0.05) is 35.9 Å². The fourth-order valence-electron chi connectivity index (χ4n) is 3.64. The predicted octanol–water partition coefficient (Wildman–Crippen LogP) is 4.62. The second-order valence-corrected chi connectivity index (χ2v) is 7.05. The Bertz CT molecular complexity index is 756. The van der Waals surface area contributed by atoms with E-state index in [-0.39, 0.29) is 12.0 Å². The molecule has 0 aromatic heterocycles. The van der Waals surface area contributed by atoms with Gasteiger partial charge in [0.1, 0.15) is 5.75 Å². The van der Waals surface area contributed by atoms with Crippen molar-refractivity contribution in [3.8, 4) is 5.75 Å². The van der Waals surface area contributed by atoms with Gasteiger partial charge < -0.3 is 9.84 Å². The predicted molar refractivity (Wildman–Crippen MR) is 103 cm³/mol. The summed E-state index contributed by atoms with van der Waals surface area (Å²) in [4.78, 5) is 13.6. The second-order valence-electron chi connectivity index (χ2n) is 6.61. The molecule has 0 aliphatic carbocycles. The molecule has 4 nitrogen and oxygen atoms in total. The molecule has 5 heteroatoms. The van der Waals surface area contributed by atoms with Crippen LogP contribution in [0.25, 0.3) is 0 Å². The van der Waals surface area contributed by atoms with Gasteiger partial charge in [-0.3, -0.25) is 9.69 Å². The van der Waals surface area contributed by atoms with E-state index in [0.29, 0.717) is 24.5 Å². The number of rotatable bonds is 6. The Hall–Kier alpha value is -2.04. The van der Waals surface area contributed by atoms with Crippen molar-refractivity contribution in [2.24, 2.45) is 5.92 Å². The first-order valence-electron chi connectivity index (χ1n) is 9.03. The van der Waals surface area contributed by atoms with Gasteiger partial charge in [-0.2, -0.15) is 0 Å². The van der Waals surface area contributed by atoms with Crippen LogP contribution in [0.2, 0.25) is 5.02 Å². The number of halogens is 1.